The van der Waals surface area contributed by atoms with Gasteiger partial charge in [-0.1, -0.05) is 0 Å². The van der Waals surface area contributed by atoms with Crippen molar-refractivity contribution < 1.29 is 63.4 Å². The van der Waals surface area contributed by atoms with Gasteiger partial charge in [-0.2, -0.15) is 0 Å². The Morgan fingerprint density at radius 2 is 1.14 bits per heavy atom. The first-order valence-electron chi connectivity index (χ1n) is 1.02. The van der Waals surface area contributed by atoms with Gasteiger partial charge in [0.15, 0.2) is 0 Å². The summed E-state index contributed by atoms with van der Waals surface area (Å²) in [4.78, 5) is 7.01. The second-order valence-electron chi connectivity index (χ2n) is 0.715. The van der Waals surface area contributed by atoms with Gasteiger partial charge >= 0.3 is 6.16 Å². The molecule has 0 atom stereocenters. The summed E-state index contributed by atoms with van der Waals surface area (Å²) in [5, 5.41) is 15.5. The van der Waals surface area contributed by atoms with Crippen LogP contribution in [0.4, 0.5) is 0 Å². The van der Waals surface area contributed by atoms with Crippen LogP contribution in [-0.2, 0) is 53.2 Å². The number of rotatable bonds is 0. The molecule has 4 nitrogen and oxygen atoms in total. The molecule has 1 aliphatic heterocycles. The van der Waals surface area contributed by atoms with Crippen LogP contribution in [0.1, 0.15) is 0 Å². The molecule has 0 aromatic rings. The van der Waals surface area contributed by atoms with Crippen LogP contribution in [0, 0.1) is 0 Å². The van der Waals surface area contributed by atoms with Gasteiger partial charge < -0.3 is 10.2 Å². The molecule has 0 radical (unpaired) electrons. The Bertz CT molecular complexity index is 47.7. The molecule has 1 saturated heterocycles. The Labute approximate surface area is 69.5 Å². The number of aliphatic hydroxyl groups is 2. The quantitative estimate of drug-likeness (QED) is 0.204. The van der Waals surface area contributed by atoms with Crippen molar-refractivity contribution in [1.82, 2.24) is 0 Å². The van der Waals surface area contributed by atoms with Gasteiger partial charge in [0.1, 0.15) is 0 Å². The van der Waals surface area contributed by atoms with Crippen LogP contribution in [0.3, 0.4) is 0 Å². The molecule has 1 rings (SSSR count). The minimum absolute atomic E-state index is 0. The van der Waals surface area contributed by atoms with Gasteiger partial charge in [-0.15, -0.1) is 9.78 Å². The summed E-state index contributed by atoms with van der Waals surface area (Å²) >= 11 is 0. The standard InChI is InChI=1S/CH2O4.2Ti/c2-1(3)4-5-1;;/h2-3H;;. The fourth-order valence-electron chi connectivity index (χ4n) is 0.0373. The number of hydrogen-bond donors (Lipinski definition) is 2. The Kier molecular flexibility index (Phi) is 5.28. The Hall–Kier alpha value is 1.27. The van der Waals surface area contributed by atoms with Gasteiger partial charge in [-0.3, -0.25) is 0 Å². The first-order valence-corrected chi connectivity index (χ1v) is 1.02. The average Bonchev–Trinajstić information content (AvgIpc) is 1.76. The molecule has 1 fully saturated rings. The predicted octanol–water partition coefficient (Wildman–Crippen LogP) is -1.46. The van der Waals surface area contributed by atoms with Crippen molar-refractivity contribution >= 4 is 0 Å². The normalized spacial score (nSPS) is 21.4. The topological polar surface area (TPSA) is 65.5 Å². The second-order valence-corrected chi connectivity index (χ2v) is 0.715. The molecule has 0 aliphatic carbocycles. The number of hydrogen-bond acceptors (Lipinski definition) is 4. The van der Waals surface area contributed by atoms with E-state index in [9.17, 15) is 0 Å². The van der Waals surface area contributed by atoms with E-state index in [0.29, 0.717) is 0 Å². The predicted molar refractivity (Wildman–Crippen MR) is 9.34 cm³/mol. The average molecular weight is 174 g/mol. The maximum atomic E-state index is 7.74. The molecule has 0 unspecified atom stereocenters. The first-order chi connectivity index (χ1) is 2.21. The zero-order chi connectivity index (χ0) is 3.91. The molecule has 38 valence electrons. The van der Waals surface area contributed by atoms with E-state index in [1.54, 1.807) is 0 Å². The van der Waals surface area contributed by atoms with Crippen molar-refractivity contribution in [1.29, 1.82) is 0 Å². The van der Waals surface area contributed by atoms with Gasteiger partial charge in [-0.25, -0.2) is 0 Å². The van der Waals surface area contributed by atoms with Crippen molar-refractivity contribution in [2.45, 2.75) is 6.16 Å². The summed E-state index contributed by atoms with van der Waals surface area (Å²) in [6.07, 6.45) is -2.25. The van der Waals surface area contributed by atoms with E-state index < -0.39 is 6.16 Å². The minimum atomic E-state index is -2.25. The molecule has 0 aromatic heterocycles. The maximum absolute atomic E-state index is 7.74. The maximum Gasteiger partial charge on any atom is 0.461 e. The molecule has 2 N–H and O–H groups in total. The van der Waals surface area contributed by atoms with Crippen molar-refractivity contribution in [3.8, 4) is 0 Å². The fourth-order valence-corrected chi connectivity index (χ4v) is 0.0373. The summed E-state index contributed by atoms with van der Waals surface area (Å²) in [5.74, 6) is 0. The molecular weight excluding hydrogens is 172 g/mol. The van der Waals surface area contributed by atoms with Crippen LogP contribution in [-0.4, -0.2) is 16.4 Å². The van der Waals surface area contributed by atoms with E-state index in [-0.39, 0.29) is 43.4 Å². The SMILES string of the molecule is OC1(O)OO1.[Ti].[Ti]. The molecular formula is CH2O4Ti2. The van der Waals surface area contributed by atoms with Gasteiger partial charge in [0, 0.05) is 43.4 Å². The Morgan fingerprint density at radius 1 is 1.00 bits per heavy atom. The Morgan fingerprint density at radius 3 is 1.14 bits per heavy atom. The molecule has 0 bridgehead atoms. The van der Waals surface area contributed by atoms with E-state index in [2.05, 4.69) is 9.78 Å². The van der Waals surface area contributed by atoms with E-state index in [1.165, 1.54) is 0 Å². The first kappa shape index (κ1) is 11.1. The summed E-state index contributed by atoms with van der Waals surface area (Å²) in [5.41, 5.74) is 0. The van der Waals surface area contributed by atoms with E-state index in [1.807, 2.05) is 0 Å². The molecule has 0 aromatic carbocycles. The molecule has 1 aliphatic rings. The van der Waals surface area contributed by atoms with Crippen LogP contribution in [0.5, 0.6) is 0 Å². The van der Waals surface area contributed by atoms with Crippen LogP contribution < -0.4 is 0 Å². The molecule has 1 heterocycles. The van der Waals surface area contributed by atoms with Crippen molar-refractivity contribution in [3.63, 3.8) is 0 Å². The van der Waals surface area contributed by atoms with Gasteiger partial charge in [0.2, 0.25) is 0 Å². The molecule has 0 amide bonds. The molecule has 0 saturated carbocycles. The minimum Gasteiger partial charge on any atom is -0.315 e. The van der Waals surface area contributed by atoms with Gasteiger partial charge in [0.05, 0.1) is 0 Å². The van der Waals surface area contributed by atoms with Gasteiger partial charge in [0.25, 0.3) is 0 Å². The second kappa shape index (κ2) is 3.32. The van der Waals surface area contributed by atoms with E-state index >= 15 is 0 Å². The van der Waals surface area contributed by atoms with Crippen LogP contribution in [0.15, 0.2) is 0 Å². The van der Waals surface area contributed by atoms with Gasteiger partial charge in [-0.05, 0) is 0 Å². The van der Waals surface area contributed by atoms with E-state index in [0.717, 1.165) is 0 Å². The van der Waals surface area contributed by atoms with Crippen molar-refractivity contribution in [2.24, 2.45) is 0 Å². The third kappa shape index (κ3) is 5.13. The van der Waals surface area contributed by atoms with Crippen molar-refractivity contribution in [2.75, 3.05) is 0 Å². The van der Waals surface area contributed by atoms with Crippen LogP contribution in [0.2, 0.25) is 0 Å². The monoisotopic (exact) mass is 174 g/mol. The fraction of sp³-hybridized carbons (Fsp3) is 1.00. The summed E-state index contributed by atoms with van der Waals surface area (Å²) in [6.45, 7) is 0. The zero-order valence-corrected chi connectivity index (χ0v) is 6.33. The Balaban J connectivity index is 0. The molecule has 6 heteroatoms. The van der Waals surface area contributed by atoms with Crippen LogP contribution >= 0.6 is 0 Å². The third-order valence-electron chi connectivity index (χ3n) is 0.232. The molecule has 0 spiro atoms. The van der Waals surface area contributed by atoms with E-state index in [4.69, 9.17) is 10.2 Å². The summed E-state index contributed by atoms with van der Waals surface area (Å²) in [7, 11) is 0. The largest absolute Gasteiger partial charge is 0.461 e. The molecule has 7 heavy (non-hydrogen) atoms. The van der Waals surface area contributed by atoms with Crippen molar-refractivity contribution in [3.05, 3.63) is 0 Å². The smallest absolute Gasteiger partial charge is 0.315 e. The third-order valence-corrected chi connectivity index (χ3v) is 0.232. The van der Waals surface area contributed by atoms with Crippen LogP contribution in [0.25, 0.3) is 0 Å². The summed E-state index contributed by atoms with van der Waals surface area (Å²) < 4.78 is 0. The zero-order valence-electron chi connectivity index (χ0n) is 3.21. The summed E-state index contributed by atoms with van der Waals surface area (Å²) in [6, 6.07) is 0.